The van der Waals surface area contributed by atoms with Crippen molar-refractivity contribution in [1.29, 1.82) is 0 Å². The van der Waals surface area contributed by atoms with Crippen molar-refractivity contribution >= 4 is 18.6 Å². The smallest absolute Gasteiger partial charge is 0.302 e. The summed E-state index contributed by atoms with van der Waals surface area (Å²) >= 11 is 4.19. The van der Waals surface area contributed by atoms with E-state index < -0.39 is 0 Å². The maximum atomic E-state index is 10.7. The molecule has 0 saturated heterocycles. The Bertz CT molecular complexity index is 357. The summed E-state index contributed by atoms with van der Waals surface area (Å²) in [6.45, 7) is 1.38. The van der Waals surface area contributed by atoms with Crippen molar-refractivity contribution in [2.45, 2.75) is 18.6 Å². The molecule has 1 N–H and O–H groups in total. The van der Waals surface area contributed by atoms with Gasteiger partial charge in [-0.2, -0.15) is 12.6 Å². The molecule has 5 heteroatoms. The van der Waals surface area contributed by atoms with Gasteiger partial charge in [0.15, 0.2) is 0 Å². The van der Waals surface area contributed by atoms with E-state index in [9.17, 15) is 9.90 Å². The Morgan fingerprint density at radius 1 is 1.69 bits per heavy atom. The van der Waals surface area contributed by atoms with E-state index in [1.807, 2.05) is 12.1 Å². The number of carbonyl (C=O) groups excluding carboxylic acids is 1. The van der Waals surface area contributed by atoms with Gasteiger partial charge in [0.1, 0.15) is 6.61 Å². The summed E-state index contributed by atoms with van der Waals surface area (Å²) in [5, 5.41) is 9.26. The average Bonchev–Trinajstić information content (AvgIpc) is 2.30. The molecule has 0 radical (unpaired) electrons. The first-order valence-electron chi connectivity index (χ1n) is 4.98. The molecule has 0 bridgehead atoms. The lowest BCUT2D eigenvalue weighted by Crippen LogP contribution is -2.17. The van der Waals surface area contributed by atoms with Gasteiger partial charge in [0.05, 0.1) is 18.2 Å². The van der Waals surface area contributed by atoms with Crippen molar-refractivity contribution < 1.29 is 14.6 Å². The van der Waals surface area contributed by atoms with Crippen LogP contribution < -0.4 is 0 Å². The molecule has 0 saturated carbocycles. The standard InChI is InChI=1S/C11H15NO3S/c1-8(14)15-6-10(5-13)11-9(7-16)3-2-4-12-11/h2-4,10,13,16H,5-7H2,1H3/t10-/m0/s1. The molecule has 0 aromatic carbocycles. The van der Waals surface area contributed by atoms with Crippen LogP contribution in [0.25, 0.3) is 0 Å². The Kier molecular flexibility index (Phi) is 5.28. The topological polar surface area (TPSA) is 59.4 Å². The van der Waals surface area contributed by atoms with Crippen LogP contribution in [0.2, 0.25) is 0 Å². The Morgan fingerprint density at radius 3 is 3.00 bits per heavy atom. The molecule has 1 aromatic rings. The molecule has 0 fully saturated rings. The van der Waals surface area contributed by atoms with Crippen molar-refractivity contribution in [2.75, 3.05) is 13.2 Å². The van der Waals surface area contributed by atoms with Gasteiger partial charge in [-0.15, -0.1) is 0 Å². The van der Waals surface area contributed by atoms with Crippen LogP contribution >= 0.6 is 12.6 Å². The van der Waals surface area contributed by atoms with Crippen LogP contribution in [0, 0.1) is 0 Å². The van der Waals surface area contributed by atoms with Crippen molar-refractivity contribution in [3.05, 3.63) is 29.6 Å². The highest BCUT2D eigenvalue weighted by molar-refractivity contribution is 7.79. The van der Waals surface area contributed by atoms with E-state index in [-0.39, 0.29) is 25.1 Å². The summed E-state index contributed by atoms with van der Waals surface area (Å²) in [6.07, 6.45) is 1.65. The number of carbonyl (C=O) groups is 1. The molecule has 1 atom stereocenters. The quantitative estimate of drug-likeness (QED) is 0.600. The minimum Gasteiger partial charge on any atom is -0.465 e. The molecule has 88 valence electrons. The van der Waals surface area contributed by atoms with Crippen LogP contribution in [-0.4, -0.2) is 29.3 Å². The molecule has 4 nitrogen and oxygen atoms in total. The Hall–Kier alpha value is -1.07. The zero-order valence-corrected chi connectivity index (χ0v) is 9.98. The van der Waals surface area contributed by atoms with E-state index >= 15 is 0 Å². The first-order valence-corrected chi connectivity index (χ1v) is 5.61. The molecule has 1 aromatic heterocycles. The van der Waals surface area contributed by atoms with E-state index in [2.05, 4.69) is 17.6 Å². The summed E-state index contributed by atoms with van der Waals surface area (Å²) in [5.74, 6) is -0.103. The zero-order valence-electron chi connectivity index (χ0n) is 9.09. The number of pyridine rings is 1. The predicted molar refractivity (Wildman–Crippen MR) is 63.4 cm³/mol. The van der Waals surface area contributed by atoms with E-state index in [0.29, 0.717) is 5.75 Å². The zero-order chi connectivity index (χ0) is 12.0. The van der Waals surface area contributed by atoms with Crippen LogP contribution in [0.5, 0.6) is 0 Å². The van der Waals surface area contributed by atoms with Gasteiger partial charge in [-0.1, -0.05) is 6.07 Å². The summed E-state index contributed by atoms with van der Waals surface area (Å²) in [5.41, 5.74) is 1.68. The second kappa shape index (κ2) is 6.50. The molecule has 0 aliphatic carbocycles. The first-order chi connectivity index (χ1) is 7.69. The average molecular weight is 241 g/mol. The minimum absolute atomic E-state index is 0.106. The van der Waals surface area contributed by atoms with Crippen LogP contribution in [0.3, 0.4) is 0 Å². The lowest BCUT2D eigenvalue weighted by atomic mass is 10.0. The number of aliphatic hydroxyl groups excluding tert-OH is 1. The van der Waals surface area contributed by atoms with Crippen molar-refractivity contribution in [3.63, 3.8) is 0 Å². The van der Waals surface area contributed by atoms with E-state index in [0.717, 1.165) is 11.3 Å². The van der Waals surface area contributed by atoms with Crippen LogP contribution in [0.15, 0.2) is 18.3 Å². The van der Waals surface area contributed by atoms with Gasteiger partial charge < -0.3 is 9.84 Å². The summed E-state index contributed by atoms with van der Waals surface area (Å²) < 4.78 is 4.88. The van der Waals surface area contributed by atoms with Crippen LogP contribution in [0.1, 0.15) is 24.1 Å². The van der Waals surface area contributed by atoms with E-state index in [4.69, 9.17) is 4.74 Å². The number of thiol groups is 1. The molecule has 0 aliphatic heterocycles. The minimum atomic E-state index is -0.359. The Balaban J connectivity index is 2.81. The van der Waals surface area contributed by atoms with Gasteiger partial charge in [0.25, 0.3) is 0 Å². The van der Waals surface area contributed by atoms with Crippen molar-refractivity contribution in [1.82, 2.24) is 4.98 Å². The molecular formula is C11H15NO3S. The van der Waals surface area contributed by atoms with E-state index in [1.54, 1.807) is 6.20 Å². The highest BCUT2D eigenvalue weighted by Gasteiger charge is 2.16. The van der Waals surface area contributed by atoms with Gasteiger partial charge in [-0.25, -0.2) is 0 Å². The molecule has 1 rings (SSSR count). The van der Waals surface area contributed by atoms with Gasteiger partial charge in [-0.05, 0) is 11.6 Å². The highest BCUT2D eigenvalue weighted by atomic mass is 32.1. The number of esters is 1. The molecular weight excluding hydrogens is 226 g/mol. The monoisotopic (exact) mass is 241 g/mol. The second-order valence-electron chi connectivity index (χ2n) is 3.39. The number of hydrogen-bond acceptors (Lipinski definition) is 5. The number of hydrogen-bond donors (Lipinski definition) is 2. The third kappa shape index (κ3) is 3.50. The molecule has 0 amide bonds. The highest BCUT2D eigenvalue weighted by Crippen LogP contribution is 2.19. The fourth-order valence-corrected chi connectivity index (χ4v) is 1.66. The second-order valence-corrected chi connectivity index (χ2v) is 3.70. The molecule has 16 heavy (non-hydrogen) atoms. The Labute approximate surface area is 100 Å². The lowest BCUT2D eigenvalue weighted by Gasteiger charge is -2.16. The number of ether oxygens (including phenoxy) is 1. The number of nitrogens with zero attached hydrogens (tertiary/aromatic N) is 1. The molecule has 0 aliphatic rings. The van der Waals surface area contributed by atoms with Crippen LogP contribution in [0.4, 0.5) is 0 Å². The fraction of sp³-hybridized carbons (Fsp3) is 0.455. The summed E-state index contributed by atoms with van der Waals surface area (Å²) in [7, 11) is 0. The molecule has 0 spiro atoms. The predicted octanol–water partition coefficient (Wildman–Crippen LogP) is 1.15. The first kappa shape index (κ1) is 13.0. The van der Waals surface area contributed by atoms with Crippen molar-refractivity contribution in [3.8, 4) is 0 Å². The lowest BCUT2D eigenvalue weighted by molar-refractivity contribution is -0.141. The normalized spacial score (nSPS) is 12.2. The third-order valence-corrected chi connectivity index (χ3v) is 2.53. The summed E-state index contributed by atoms with van der Waals surface area (Å²) in [4.78, 5) is 14.9. The molecule has 1 heterocycles. The van der Waals surface area contributed by atoms with E-state index in [1.165, 1.54) is 6.92 Å². The maximum absolute atomic E-state index is 10.7. The van der Waals surface area contributed by atoms with Gasteiger partial charge in [0.2, 0.25) is 0 Å². The third-order valence-electron chi connectivity index (χ3n) is 2.19. The van der Waals surface area contributed by atoms with Gasteiger partial charge >= 0.3 is 5.97 Å². The molecule has 0 unspecified atom stereocenters. The number of aromatic nitrogens is 1. The Morgan fingerprint density at radius 2 is 2.44 bits per heavy atom. The fourth-order valence-electron chi connectivity index (χ4n) is 1.39. The number of rotatable bonds is 5. The maximum Gasteiger partial charge on any atom is 0.302 e. The van der Waals surface area contributed by atoms with Crippen molar-refractivity contribution in [2.24, 2.45) is 0 Å². The number of aliphatic hydroxyl groups is 1. The summed E-state index contributed by atoms with van der Waals surface area (Å²) in [6, 6.07) is 3.71. The van der Waals surface area contributed by atoms with Gasteiger partial charge in [-0.3, -0.25) is 9.78 Å². The largest absolute Gasteiger partial charge is 0.465 e. The van der Waals surface area contributed by atoms with Gasteiger partial charge in [0, 0.05) is 18.9 Å². The van der Waals surface area contributed by atoms with Crippen LogP contribution in [-0.2, 0) is 15.3 Å². The SMILES string of the molecule is CC(=O)OC[C@H](CO)c1ncccc1CS.